The van der Waals surface area contributed by atoms with E-state index in [4.69, 9.17) is 5.84 Å². The Bertz CT molecular complexity index is 213. The van der Waals surface area contributed by atoms with Gasteiger partial charge in [-0.1, -0.05) is 0 Å². The molecule has 0 saturated heterocycles. The van der Waals surface area contributed by atoms with Crippen LogP contribution in [0.5, 0.6) is 0 Å². The zero-order valence-electron chi connectivity index (χ0n) is 5.52. The molecule has 1 atom stereocenters. The molecule has 0 fully saturated rings. The lowest BCUT2D eigenvalue weighted by Gasteiger charge is -2.14. The Morgan fingerprint density at radius 3 is 3.00 bits per heavy atom. The predicted molar refractivity (Wildman–Crippen MR) is 40.6 cm³/mol. The Labute approximate surface area is 63.0 Å². The van der Waals surface area contributed by atoms with Crippen LogP contribution in [-0.4, -0.2) is 23.1 Å². The highest BCUT2D eigenvalue weighted by Crippen LogP contribution is 2.23. The van der Waals surface area contributed by atoms with Crippen LogP contribution < -0.4 is 5.84 Å². The second kappa shape index (κ2) is 2.43. The molecule has 1 aliphatic heterocycles. The number of nitrogens with zero attached hydrogens (tertiary/aromatic N) is 2. The number of rotatable bonds is 1. The van der Waals surface area contributed by atoms with E-state index in [-0.39, 0.29) is 4.48 Å². The fourth-order valence-corrected chi connectivity index (χ4v) is 1.46. The normalized spacial score (nSPS) is 35.1. The van der Waals surface area contributed by atoms with E-state index in [9.17, 15) is 4.79 Å². The van der Waals surface area contributed by atoms with Gasteiger partial charge in [-0.2, -0.15) is 4.48 Å². The number of hydrogen-bond acceptors (Lipinski definition) is 4. The van der Waals surface area contributed by atoms with Crippen molar-refractivity contribution in [3.63, 3.8) is 0 Å². The summed E-state index contributed by atoms with van der Waals surface area (Å²) in [6.07, 6.45) is 2.51. The first kappa shape index (κ1) is 7.30. The molecule has 0 bridgehead atoms. The highest BCUT2D eigenvalue weighted by Gasteiger charge is 2.31. The van der Waals surface area contributed by atoms with Gasteiger partial charge in [0.05, 0.1) is 7.05 Å². The maximum Gasteiger partial charge on any atom is 0.312 e. The summed E-state index contributed by atoms with van der Waals surface area (Å²) in [6.45, 7) is 0. The smallest absolute Gasteiger partial charge is 0.312 e. The Morgan fingerprint density at radius 1 is 1.90 bits per heavy atom. The molecule has 1 amide bonds. The molecule has 1 aliphatic rings. The van der Waals surface area contributed by atoms with Gasteiger partial charge < -0.3 is 5.84 Å². The van der Waals surface area contributed by atoms with Gasteiger partial charge in [0.25, 0.3) is 5.17 Å². The van der Waals surface area contributed by atoms with Gasteiger partial charge in [-0.25, -0.2) is 4.79 Å². The molecule has 0 aromatic rings. The third-order valence-corrected chi connectivity index (χ3v) is 2.25. The minimum Gasteiger partial charge on any atom is -0.317 e. The van der Waals surface area contributed by atoms with Crippen LogP contribution in [0, 0.1) is 0 Å². The fourth-order valence-electron chi connectivity index (χ4n) is 0.630. The molecular weight excluding hydrogens is 150 g/mol. The lowest BCUT2D eigenvalue weighted by molar-refractivity contribution is -0.665. The number of quaternary nitrogens is 1. The van der Waals surface area contributed by atoms with Crippen LogP contribution >= 0.6 is 11.8 Å². The standard InChI is InChI=1S/C5H8N3OS/c1-8(4-9)2-3-10-5(8)7-6/h2-4H,6H2,1H3/q+1. The molecule has 1 unspecified atom stereocenters. The van der Waals surface area contributed by atoms with Gasteiger partial charge in [-0.15, -0.1) is 5.10 Å². The minimum absolute atomic E-state index is 0.0567. The number of carbonyl (C=O) groups is 1. The molecule has 2 N–H and O–H groups in total. The zero-order valence-corrected chi connectivity index (χ0v) is 6.34. The summed E-state index contributed by atoms with van der Waals surface area (Å²) >= 11 is 1.36. The van der Waals surface area contributed by atoms with Gasteiger partial charge >= 0.3 is 6.41 Å². The lowest BCUT2D eigenvalue weighted by Crippen LogP contribution is -2.39. The van der Waals surface area contributed by atoms with E-state index in [1.54, 1.807) is 18.7 Å². The highest BCUT2D eigenvalue weighted by molar-refractivity contribution is 8.16. The monoisotopic (exact) mass is 158 g/mol. The molecule has 0 saturated carbocycles. The molecule has 1 heterocycles. The first-order valence-electron chi connectivity index (χ1n) is 2.68. The first-order chi connectivity index (χ1) is 4.73. The minimum atomic E-state index is 0.0567. The van der Waals surface area contributed by atoms with Crippen molar-refractivity contribution >= 4 is 23.3 Å². The van der Waals surface area contributed by atoms with Crippen molar-refractivity contribution in [2.45, 2.75) is 0 Å². The van der Waals surface area contributed by atoms with E-state index in [2.05, 4.69) is 5.10 Å². The summed E-state index contributed by atoms with van der Waals surface area (Å²) in [4.78, 5) is 10.5. The zero-order chi connectivity index (χ0) is 7.61. The fraction of sp³-hybridized carbons (Fsp3) is 0.200. The number of hydrogen-bond donors (Lipinski definition) is 1. The van der Waals surface area contributed by atoms with Crippen LogP contribution in [0.3, 0.4) is 0 Å². The Hall–Kier alpha value is -0.810. The van der Waals surface area contributed by atoms with Gasteiger partial charge in [-0.05, 0) is 11.8 Å². The number of carbonyl (C=O) groups excluding carboxylic acids is 1. The SMILES string of the molecule is C[N+]1(C=O)C=CSC1=NN. The van der Waals surface area contributed by atoms with E-state index in [0.717, 1.165) is 6.41 Å². The van der Waals surface area contributed by atoms with Gasteiger partial charge in [-0.3, -0.25) is 0 Å². The molecule has 54 valence electrons. The van der Waals surface area contributed by atoms with E-state index >= 15 is 0 Å². The van der Waals surface area contributed by atoms with Crippen molar-refractivity contribution in [1.29, 1.82) is 0 Å². The van der Waals surface area contributed by atoms with Crippen LogP contribution in [-0.2, 0) is 4.79 Å². The van der Waals surface area contributed by atoms with Crippen LogP contribution in [0.25, 0.3) is 0 Å². The largest absolute Gasteiger partial charge is 0.317 e. The second-order valence-electron chi connectivity index (χ2n) is 2.07. The molecule has 0 aliphatic carbocycles. The van der Waals surface area contributed by atoms with Crippen LogP contribution in [0.2, 0.25) is 0 Å². The van der Waals surface area contributed by atoms with Crippen molar-refractivity contribution in [2.24, 2.45) is 10.9 Å². The van der Waals surface area contributed by atoms with Crippen LogP contribution in [0.1, 0.15) is 0 Å². The summed E-state index contributed by atoms with van der Waals surface area (Å²) in [5.74, 6) is 5.04. The van der Waals surface area contributed by atoms with Crippen LogP contribution in [0.15, 0.2) is 16.7 Å². The average molecular weight is 158 g/mol. The highest BCUT2D eigenvalue weighted by atomic mass is 32.2. The second-order valence-corrected chi connectivity index (χ2v) is 2.94. The summed E-state index contributed by atoms with van der Waals surface area (Å²) in [7, 11) is 1.72. The van der Waals surface area contributed by atoms with Gasteiger partial charge in [0.2, 0.25) is 0 Å². The number of nitrogens with two attached hydrogens (primary N) is 1. The molecule has 1 rings (SSSR count). The van der Waals surface area contributed by atoms with E-state index < -0.39 is 0 Å². The summed E-state index contributed by atoms with van der Waals surface area (Å²) < 4.78 is 0.0567. The average Bonchev–Trinajstić information content (AvgIpc) is 2.32. The molecular formula is C5H8N3OS+. The van der Waals surface area contributed by atoms with E-state index in [1.165, 1.54) is 11.8 Å². The Morgan fingerprint density at radius 2 is 2.60 bits per heavy atom. The summed E-state index contributed by atoms with van der Waals surface area (Å²) in [5.41, 5.74) is 0. The molecule has 0 aromatic heterocycles. The molecule has 0 spiro atoms. The van der Waals surface area contributed by atoms with Gasteiger partial charge in [0.1, 0.15) is 6.20 Å². The predicted octanol–water partition coefficient (Wildman–Crippen LogP) is 0.0371. The Balaban J connectivity index is 2.94. The molecule has 10 heavy (non-hydrogen) atoms. The lowest BCUT2D eigenvalue weighted by atomic mass is 10.6. The Kier molecular flexibility index (Phi) is 1.78. The van der Waals surface area contributed by atoms with Crippen molar-refractivity contribution < 1.29 is 9.28 Å². The maximum atomic E-state index is 10.5. The topological polar surface area (TPSA) is 55.5 Å². The number of amides is 1. The van der Waals surface area contributed by atoms with Crippen molar-refractivity contribution in [2.75, 3.05) is 7.05 Å². The maximum absolute atomic E-state index is 10.5. The van der Waals surface area contributed by atoms with E-state index in [0.29, 0.717) is 5.17 Å². The van der Waals surface area contributed by atoms with Gasteiger partial charge in [0.15, 0.2) is 0 Å². The molecule has 0 aromatic carbocycles. The van der Waals surface area contributed by atoms with Crippen molar-refractivity contribution in [1.82, 2.24) is 0 Å². The molecule has 5 heteroatoms. The molecule has 4 nitrogen and oxygen atoms in total. The van der Waals surface area contributed by atoms with Crippen molar-refractivity contribution in [3.05, 3.63) is 11.6 Å². The van der Waals surface area contributed by atoms with E-state index in [1.807, 2.05) is 0 Å². The van der Waals surface area contributed by atoms with Crippen LogP contribution in [0.4, 0.5) is 0 Å². The molecule has 0 radical (unpaired) electrons. The van der Waals surface area contributed by atoms with Gasteiger partial charge in [0, 0.05) is 5.41 Å². The number of thioether (sulfide) groups is 1. The number of amidine groups is 1. The summed E-state index contributed by atoms with van der Waals surface area (Å²) in [6, 6.07) is 0. The number of hydrazone groups is 1. The quantitative estimate of drug-likeness (QED) is 0.254. The van der Waals surface area contributed by atoms with Crippen molar-refractivity contribution in [3.8, 4) is 0 Å². The summed E-state index contributed by atoms with van der Waals surface area (Å²) in [5, 5.41) is 5.85. The third kappa shape index (κ3) is 0.932. The first-order valence-corrected chi connectivity index (χ1v) is 3.56. The third-order valence-electron chi connectivity index (χ3n) is 1.29.